The molecule has 0 aliphatic heterocycles. The fourth-order valence-corrected chi connectivity index (χ4v) is 2.29. The number of benzene rings is 1. The van der Waals surface area contributed by atoms with Crippen LogP contribution in [0, 0.1) is 10.1 Å². The van der Waals surface area contributed by atoms with Crippen LogP contribution in [0.4, 0.5) is 5.69 Å². The summed E-state index contributed by atoms with van der Waals surface area (Å²) in [6.45, 7) is 0.790. The molecule has 1 aromatic heterocycles. The van der Waals surface area contributed by atoms with Gasteiger partial charge in [-0.2, -0.15) is 0 Å². The van der Waals surface area contributed by atoms with Crippen LogP contribution >= 0.6 is 0 Å². The molecule has 0 N–H and O–H groups in total. The van der Waals surface area contributed by atoms with Crippen molar-refractivity contribution in [2.45, 2.75) is 19.4 Å². The van der Waals surface area contributed by atoms with E-state index in [0.29, 0.717) is 5.52 Å². The van der Waals surface area contributed by atoms with E-state index in [0.717, 1.165) is 24.9 Å². The molecule has 1 aliphatic carbocycles. The molecule has 5 nitrogen and oxygen atoms in total. The molecule has 0 saturated carbocycles. The summed E-state index contributed by atoms with van der Waals surface area (Å²) in [6.07, 6.45) is 10.2. The summed E-state index contributed by atoms with van der Waals surface area (Å²) in [5.74, 6) is 0. The zero-order valence-corrected chi connectivity index (χ0v) is 10.3. The van der Waals surface area contributed by atoms with Crippen LogP contribution in [0.5, 0.6) is 0 Å². The van der Waals surface area contributed by atoms with Gasteiger partial charge in [-0.15, -0.1) is 0 Å². The maximum Gasteiger partial charge on any atom is 0.271 e. The van der Waals surface area contributed by atoms with Crippen molar-refractivity contribution in [2.24, 2.45) is 0 Å². The fraction of sp³-hybridized carbons (Fsp3) is 0.214. The summed E-state index contributed by atoms with van der Waals surface area (Å²) < 4.78 is 2.03. The van der Waals surface area contributed by atoms with E-state index < -0.39 is 4.92 Å². The van der Waals surface area contributed by atoms with Gasteiger partial charge in [0.1, 0.15) is 0 Å². The Morgan fingerprint density at radius 1 is 1.42 bits per heavy atom. The van der Waals surface area contributed by atoms with E-state index in [4.69, 9.17) is 0 Å². The molecule has 0 bridgehead atoms. The minimum atomic E-state index is -0.396. The first-order valence-corrected chi connectivity index (χ1v) is 6.18. The zero-order valence-electron chi connectivity index (χ0n) is 10.3. The molecule has 2 aromatic rings. The van der Waals surface area contributed by atoms with Crippen molar-refractivity contribution in [3.8, 4) is 0 Å². The van der Waals surface area contributed by atoms with Crippen molar-refractivity contribution in [2.75, 3.05) is 0 Å². The smallest absolute Gasteiger partial charge is 0.271 e. The van der Waals surface area contributed by atoms with Gasteiger partial charge in [0, 0.05) is 18.7 Å². The second-order valence-corrected chi connectivity index (χ2v) is 4.59. The number of hydrogen-bond donors (Lipinski definition) is 0. The SMILES string of the molecule is O=[N+]([O-])c1ccc2c(c1)ncn2CC1=CC=CCC1. The van der Waals surface area contributed by atoms with Crippen LogP contribution in [-0.2, 0) is 6.54 Å². The topological polar surface area (TPSA) is 61.0 Å². The third-order valence-corrected chi connectivity index (χ3v) is 3.29. The van der Waals surface area contributed by atoms with Gasteiger partial charge in [-0.3, -0.25) is 10.1 Å². The monoisotopic (exact) mass is 255 g/mol. The van der Waals surface area contributed by atoms with Gasteiger partial charge in [0.25, 0.3) is 5.69 Å². The Hall–Kier alpha value is -2.43. The van der Waals surface area contributed by atoms with Gasteiger partial charge < -0.3 is 4.57 Å². The van der Waals surface area contributed by atoms with E-state index >= 15 is 0 Å². The Morgan fingerprint density at radius 3 is 3.05 bits per heavy atom. The molecule has 1 heterocycles. The van der Waals surface area contributed by atoms with E-state index in [2.05, 4.69) is 23.2 Å². The highest BCUT2D eigenvalue weighted by atomic mass is 16.6. The molecular formula is C14H13N3O2. The van der Waals surface area contributed by atoms with Gasteiger partial charge in [-0.1, -0.05) is 23.8 Å². The van der Waals surface area contributed by atoms with Gasteiger partial charge in [0.15, 0.2) is 0 Å². The Labute approximate surface area is 110 Å². The summed E-state index contributed by atoms with van der Waals surface area (Å²) in [7, 11) is 0. The molecule has 0 unspecified atom stereocenters. The quantitative estimate of drug-likeness (QED) is 0.625. The number of nitrogens with zero attached hydrogens (tertiary/aromatic N) is 3. The minimum Gasteiger partial charge on any atom is -0.326 e. The van der Waals surface area contributed by atoms with Crippen LogP contribution in [0.15, 0.2) is 48.3 Å². The predicted octanol–water partition coefficient (Wildman–Crippen LogP) is 3.22. The van der Waals surface area contributed by atoms with Crippen molar-refractivity contribution in [1.82, 2.24) is 9.55 Å². The molecule has 96 valence electrons. The highest BCUT2D eigenvalue weighted by Crippen LogP contribution is 2.22. The molecule has 1 aromatic carbocycles. The van der Waals surface area contributed by atoms with Gasteiger partial charge in [0.05, 0.1) is 22.3 Å². The number of nitro benzene ring substituents is 1. The summed E-state index contributed by atoms with van der Waals surface area (Å²) >= 11 is 0. The second-order valence-electron chi connectivity index (χ2n) is 4.59. The summed E-state index contributed by atoms with van der Waals surface area (Å²) in [6, 6.07) is 4.80. The van der Waals surface area contributed by atoms with Crippen LogP contribution in [0.25, 0.3) is 11.0 Å². The molecule has 0 fully saturated rings. The molecule has 3 rings (SSSR count). The van der Waals surface area contributed by atoms with Crippen LogP contribution < -0.4 is 0 Å². The highest BCUT2D eigenvalue weighted by Gasteiger charge is 2.10. The molecule has 0 saturated heterocycles. The Kier molecular flexibility index (Phi) is 2.87. The van der Waals surface area contributed by atoms with Gasteiger partial charge in [-0.05, 0) is 18.9 Å². The lowest BCUT2D eigenvalue weighted by atomic mass is 10.1. The average Bonchev–Trinajstić information content (AvgIpc) is 2.82. The van der Waals surface area contributed by atoms with Gasteiger partial charge in [0.2, 0.25) is 0 Å². The fourth-order valence-electron chi connectivity index (χ4n) is 2.29. The maximum atomic E-state index is 10.7. The lowest BCUT2D eigenvalue weighted by molar-refractivity contribution is -0.384. The molecule has 1 aliphatic rings. The number of aromatic nitrogens is 2. The van der Waals surface area contributed by atoms with E-state index in [1.54, 1.807) is 12.4 Å². The number of imidazole rings is 1. The van der Waals surface area contributed by atoms with E-state index in [9.17, 15) is 10.1 Å². The minimum absolute atomic E-state index is 0.0811. The first kappa shape index (κ1) is 11.6. The molecule has 0 spiro atoms. The van der Waals surface area contributed by atoms with Crippen molar-refractivity contribution in [1.29, 1.82) is 0 Å². The van der Waals surface area contributed by atoms with Crippen LogP contribution in [-0.4, -0.2) is 14.5 Å². The van der Waals surface area contributed by atoms with Crippen LogP contribution in [0.2, 0.25) is 0 Å². The number of rotatable bonds is 3. The maximum absolute atomic E-state index is 10.7. The van der Waals surface area contributed by atoms with E-state index in [-0.39, 0.29) is 5.69 Å². The molecular weight excluding hydrogens is 242 g/mol. The molecule has 0 amide bonds. The van der Waals surface area contributed by atoms with Crippen LogP contribution in [0.1, 0.15) is 12.8 Å². The van der Waals surface area contributed by atoms with Crippen molar-refractivity contribution in [3.05, 3.63) is 58.4 Å². The average molecular weight is 255 g/mol. The predicted molar refractivity (Wildman–Crippen MR) is 72.8 cm³/mol. The lowest BCUT2D eigenvalue weighted by Crippen LogP contribution is -2.01. The van der Waals surface area contributed by atoms with Gasteiger partial charge in [-0.25, -0.2) is 4.98 Å². The molecule has 0 radical (unpaired) electrons. The van der Waals surface area contributed by atoms with E-state index in [1.807, 2.05) is 4.57 Å². The number of hydrogen-bond acceptors (Lipinski definition) is 3. The zero-order chi connectivity index (χ0) is 13.2. The first-order valence-electron chi connectivity index (χ1n) is 6.18. The first-order chi connectivity index (χ1) is 9.24. The van der Waals surface area contributed by atoms with Crippen molar-refractivity contribution < 1.29 is 4.92 Å². The molecule has 19 heavy (non-hydrogen) atoms. The van der Waals surface area contributed by atoms with Crippen molar-refractivity contribution >= 4 is 16.7 Å². The largest absolute Gasteiger partial charge is 0.326 e. The summed E-state index contributed by atoms with van der Waals surface area (Å²) in [5.41, 5.74) is 3.03. The third-order valence-electron chi connectivity index (χ3n) is 3.29. The lowest BCUT2D eigenvalue weighted by Gasteiger charge is -2.10. The van der Waals surface area contributed by atoms with Gasteiger partial charge >= 0.3 is 0 Å². The summed E-state index contributed by atoms with van der Waals surface area (Å²) in [5, 5.41) is 10.7. The number of nitro groups is 1. The number of fused-ring (bicyclic) bond motifs is 1. The summed E-state index contributed by atoms with van der Waals surface area (Å²) in [4.78, 5) is 14.6. The Morgan fingerprint density at radius 2 is 2.32 bits per heavy atom. The standard InChI is InChI=1S/C14H13N3O2/c18-17(19)12-6-7-14-13(8-12)15-10-16(14)9-11-4-2-1-3-5-11/h1-2,4,6-8,10H,3,5,9H2. The number of allylic oxidation sites excluding steroid dienone is 4. The molecule has 5 heteroatoms. The number of non-ortho nitro benzene ring substituents is 1. The normalized spacial score (nSPS) is 14.6. The van der Waals surface area contributed by atoms with E-state index in [1.165, 1.54) is 17.7 Å². The highest BCUT2D eigenvalue weighted by molar-refractivity contribution is 5.78. The molecule has 0 atom stereocenters. The second kappa shape index (κ2) is 4.68. The Bertz CT molecular complexity index is 698. The van der Waals surface area contributed by atoms with Crippen molar-refractivity contribution in [3.63, 3.8) is 0 Å². The Balaban J connectivity index is 1.94. The third kappa shape index (κ3) is 2.27. The van der Waals surface area contributed by atoms with Crippen LogP contribution in [0.3, 0.4) is 0 Å².